The fraction of sp³-hybridized carbons (Fsp3) is 0.731. The Labute approximate surface area is 185 Å². The summed E-state index contributed by atoms with van der Waals surface area (Å²) in [6.45, 7) is 4.90. The molecule has 0 unspecified atom stereocenters. The van der Waals surface area contributed by atoms with Crippen LogP contribution in [0.25, 0.3) is 0 Å². The first-order valence-electron chi connectivity index (χ1n) is 12.2. The Bertz CT molecular complexity index is 530. The standard InChI is InChI=1S/C26H46NO3/c1-4-5-6-7-8-9-10-11-12-13-14-18-22-29-24-27(2,3)21-23-30-26(28)25-19-16-15-17-20-25/h15-17,19-20H,4-14,18,21-24H2,1-3H3/q+1. The van der Waals surface area contributed by atoms with Gasteiger partial charge in [-0.25, -0.2) is 4.79 Å². The number of benzene rings is 1. The van der Waals surface area contributed by atoms with Gasteiger partial charge in [-0.1, -0.05) is 95.8 Å². The zero-order valence-corrected chi connectivity index (χ0v) is 19.9. The zero-order chi connectivity index (χ0) is 21.9. The fourth-order valence-corrected chi connectivity index (χ4v) is 3.46. The summed E-state index contributed by atoms with van der Waals surface area (Å²) in [4.78, 5) is 12.0. The lowest BCUT2D eigenvalue weighted by molar-refractivity contribution is -0.909. The van der Waals surface area contributed by atoms with Gasteiger partial charge in [-0.05, 0) is 18.6 Å². The van der Waals surface area contributed by atoms with Crippen molar-refractivity contribution in [3.8, 4) is 0 Å². The summed E-state index contributed by atoms with van der Waals surface area (Å²) < 4.78 is 11.9. The van der Waals surface area contributed by atoms with E-state index >= 15 is 0 Å². The van der Waals surface area contributed by atoms with Gasteiger partial charge in [0.2, 0.25) is 0 Å². The molecule has 0 heterocycles. The van der Waals surface area contributed by atoms with Gasteiger partial charge in [0.15, 0.2) is 6.73 Å². The van der Waals surface area contributed by atoms with Gasteiger partial charge >= 0.3 is 5.97 Å². The molecule has 1 rings (SSSR count). The molecule has 0 spiro atoms. The quantitative estimate of drug-likeness (QED) is 0.109. The first-order valence-corrected chi connectivity index (χ1v) is 12.2. The molecule has 1 aromatic rings. The maximum absolute atomic E-state index is 12.0. The Morgan fingerprint density at radius 2 is 1.30 bits per heavy atom. The first kappa shape index (κ1) is 26.6. The van der Waals surface area contributed by atoms with Crippen LogP contribution in [0.5, 0.6) is 0 Å². The van der Waals surface area contributed by atoms with Crippen molar-refractivity contribution in [3.05, 3.63) is 35.9 Å². The maximum atomic E-state index is 12.0. The smallest absolute Gasteiger partial charge is 0.338 e. The van der Waals surface area contributed by atoms with Crippen molar-refractivity contribution in [3.63, 3.8) is 0 Å². The topological polar surface area (TPSA) is 35.5 Å². The van der Waals surface area contributed by atoms with E-state index in [9.17, 15) is 4.79 Å². The Morgan fingerprint density at radius 1 is 0.767 bits per heavy atom. The van der Waals surface area contributed by atoms with Gasteiger partial charge in [0.1, 0.15) is 13.2 Å². The van der Waals surface area contributed by atoms with Crippen molar-refractivity contribution in [1.29, 1.82) is 0 Å². The van der Waals surface area contributed by atoms with Crippen LogP contribution in [-0.4, -0.2) is 51.0 Å². The van der Waals surface area contributed by atoms with E-state index in [4.69, 9.17) is 9.47 Å². The molecule has 0 saturated carbocycles. The third kappa shape index (κ3) is 14.6. The molecule has 0 aliphatic carbocycles. The molecular formula is C26H46NO3+. The van der Waals surface area contributed by atoms with Crippen LogP contribution in [0.15, 0.2) is 30.3 Å². The number of rotatable bonds is 19. The Kier molecular flexibility index (Phi) is 15.4. The predicted octanol–water partition coefficient (Wildman–Crippen LogP) is 6.60. The minimum absolute atomic E-state index is 0.256. The van der Waals surface area contributed by atoms with E-state index in [0.717, 1.165) is 19.6 Å². The SMILES string of the molecule is CCCCCCCCCCCCCCOC[N+](C)(C)CCOC(=O)c1ccccc1. The third-order valence-electron chi connectivity index (χ3n) is 5.52. The minimum atomic E-state index is -0.256. The summed E-state index contributed by atoms with van der Waals surface area (Å²) in [5, 5.41) is 0. The molecular weight excluding hydrogens is 374 g/mol. The number of hydrogen-bond acceptors (Lipinski definition) is 3. The van der Waals surface area contributed by atoms with Crippen molar-refractivity contribution in [1.82, 2.24) is 0 Å². The van der Waals surface area contributed by atoms with E-state index in [1.807, 2.05) is 18.2 Å². The molecule has 0 radical (unpaired) electrons. The predicted molar refractivity (Wildman–Crippen MR) is 126 cm³/mol. The van der Waals surface area contributed by atoms with E-state index < -0.39 is 0 Å². The minimum Gasteiger partial charge on any atom is -0.456 e. The average molecular weight is 421 g/mol. The number of likely N-dealkylation sites (N-methyl/N-ethyl adjacent to an activating group) is 1. The second-order valence-electron chi connectivity index (χ2n) is 9.09. The lowest BCUT2D eigenvalue weighted by Crippen LogP contribution is -2.44. The number of nitrogens with zero attached hydrogens (tertiary/aromatic N) is 1. The van der Waals surface area contributed by atoms with Crippen LogP contribution in [0.1, 0.15) is 94.3 Å². The van der Waals surface area contributed by atoms with Gasteiger partial charge in [0, 0.05) is 0 Å². The monoisotopic (exact) mass is 420 g/mol. The lowest BCUT2D eigenvalue weighted by atomic mass is 10.1. The van der Waals surface area contributed by atoms with Crippen LogP contribution in [-0.2, 0) is 9.47 Å². The molecule has 30 heavy (non-hydrogen) atoms. The molecule has 0 N–H and O–H groups in total. The summed E-state index contributed by atoms with van der Waals surface area (Å²) in [6.07, 6.45) is 16.3. The van der Waals surface area contributed by atoms with E-state index in [1.54, 1.807) is 12.1 Å². The van der Waals surface area contributed by atoms with Crippen LogP contribution in [0.4, 0.5) is 0 Å². The highest BCUT2D eigenvalue weighted by molar-refractivity contribution is 5.89. The van der Waals surface area contributed by atoms with E-state index in [0.29, 0.717) is 23.4 Å². The molecule has 0 amide bonds. The van der Waals surface area contributed by atoms with Crippen LogP contribution >= 0.6 is 0 Å². The second kappa shape index (κ2) is 17.3. The molecule has 0 fully saturated rings. The molecule has 0 aromatic heterocycles. The summed E-state index contributed by atoms with van der Waals surface area (Å²) >= 11 is 0. The number of quaternary nitrogens is 1. The van der Waals surface area contributed by atoms with Crippen molar-refractivity contribution in [2.24, 2.45) is 0 Å². The average Bonchev–Trinajstić information content (AvgIpc) is 2.74. The maximum Gasteiger partial charge on any atom is 0.338 e. The van der Waals surface area contributed by atoms with Gasteiger partial charge in [-0.15, -0.1) is 0 Å². The van der Waals surface area contributed by atoms with Crippen molar-refractivity contribution >= 4 is 5.97 Å². The van der Waals surface area contributed by atoms with Crippen LogP contribution in [0.2, 0.25) is 0 Å². The molecule has 4 nitrogen and oxygen atoms in total. The van der Waals surface area contributed by atoms with Gasteiger partial charge in [-0.3, -0.25) is 0 Å². The molecule has 0 atom stereocenters. The Hall–Kier alpha value is -1.39. The van der Waals surface area contributed by atoms with Gasteiger partial charge in [0.05, 0.1) is 26.3 Å². The van der Waals surface area contributed by atoms with Crippen molar-refractivity contribution < 1.29 is 18.8 Å². The molecule has 0 saturated heterocycles. The number of carbonyl (C=O) groups is 1. The second-order valence-corrected chi connectivity index (χ2v) is 9.09. The molecule has 1 aromatic carbocycles. The molecule has 4 heteroatoms. The summed E-state index contributed by atoms with van der Waals surface area (Å²) in [6, 6.07) is 9.14. The van der Waals surface area contributed by atoms with E-state index in [-0.39, 0.29) is 5.97 Å². The zero-order valence-electron chi connectivity index (χ0n) is 19.9. The Morgan fingerprint density at radius 3 is 1.87 bits per heavy atom. The molecule has 0 bridgehead atoms. The number of unbranched alkanes of at least 4 members (excludes halogenated alkanes) is 11. The van der Waals surface area contributed by atoms with Crippen LogP contribution < -0.4 is 0 Å². The van der Waals surface area contributed by atoms with Crippen LogP contribution in [0.3, 0.4) is 0 Å². The number of hydrogen-bond donors (Lipinski definition) is 0. The van der Waals surface area contributed by atoms with E-state index in [1.165, 1.54) is 70.6 Å². The summed E-state index contributed by atoms with van der Waals surface area (Å²) in [5.41, 5.74) is 0.603. The van der Waals surface area contributed by atoms with Crippen molar-refractivity contribution in [2.75, 3.05) is 40.6 Å². The molecule has 172 valence electrons. The normalized spacial score (nSPS) is 11.6. The van der Waals surface area contributed by atoms with Crippen molar-refractivity contribution in [2.45, 2.75) is 84.0 Å². The van der Waals surface area contributed by atoms with Gasteiger partial charge in [0.25, 0.3) is 0 Å². The summed E-state index contributed by atoms with van der Waals surface area (Å²) in [7, 11) is 4.22. The highest BCUT2D eigenvalue weighted by Crippen LogP contribution is 2.12. The van der Waals surface area contributed by atoms with Crippen LogP contribution in [0, 0.1) is 0 Å². The third-order valence-corrected chi connectivity index (χ3v) is 5.52. The number of esters is 1. The van der Waals surface area contributed by atoms with Gasteiger partial charge in [-0.2, -0.15) is 0 Å². The molecule has 0 aliphatic heterocycles. The largest absolute Gasteiger partial charge is 0.456 e. The highest BCUT2D eigenvalue weighted by Gasteiger charge is 2.16. The highest BCUT2D eigenvalue weighted by atomic mass is 16.5. The van der Waals surface area contributed by atoms with Gasteiger partial charge < -0.3 is 14.0 Å². The fourth-order valence-electron chi connectivity index (χ4n) is 3.46. The summed E-state index contributed by atoms with van der Waals surface area (Å²) in [5.74, 6) is -0.256. The lowest BCUT2D eigenvalue weighted by Gasteiger charge is -2.28. The first-order chi connectivity index (χ1) is 14.5. The number of carbonyl (C=O) groups excluding carboxylic acids is 1. The van der Waals surface area contributed by atoms with E-state index in [2.05, 4.69) is 21.0 Å². The Balaban J connectivity index is 1.91. The molecule has 0 aliphatic rings. The number of ether oxygens (including phenoxy) is 2.